The van der Waals surface area contributed by atoms with Gasteiger partial charge in [-0.2, -0.15) is 0 Å². The Hall–Kier alpha value is -7.56. The van der Waals surface area contributed by atoms with Crippen molar-refractivity contribution in [2.45, 2.75) is 167 Å². The minimum Gasteiger partial charge on any atom is -0.376 e. The van der Waals surface area contributed by atoms with Gasteiger partial charge in [0.1, 0.15) is 0 Å². The predicted molar refractivity (Wildman–Crippen MR) is 359 cm³/mol. The third-order valence-corrected chi connectivity index (χ3v) is 21.9. The van der Waals surface area contributed by atoms with E-state index in [2.05, 4.69) is 294 Å². The summed E-state index contributed by atoms with van der Waals surface area (Å²) in [6.07, 6.45) is 4.64. The van der Waals surface area contributed by atoms with Crippen LogP contribution >= 0.6 is 0 Å². The summed E-state index contributed by atoms with van der Waals surface area (Å²) in [5, 5.41) is 0. The van der Waals surface area contributed by atoms with E-state index >= 15 is 0 Å². The average molecular weight is 1100 g/mol. The highest BCUT2D eigenvalue weighted by Crippen LogP contribution is 2.62. The summed E-state index contributed by atoms with van der Waals surface area (Å²) < 4.78 is 0. The van der Waals surface area contributed by atoms with Gasteiger partial charge in [0.25, 0.3) is 0 Å². The molecular weight excluding hydrogens is 1010 g/mol. The Morgan fingerprint density at radius 1 is 0.381 bits per heavy atom. The Kier molecular flexibility index (Phi) is 11.1. The number of fused-ring (bicyclic) bond motifs is 13. The first kappa shape index (κ1) is 53.2. The summed E-state index contributed by atoms with van der Waals surface area (Å²) in [6, 6.07) is 69.2. The molecule has 0 saturated heterocycles. The van der Waals surface area contributed by atoms with Gasteiger partial charge in [0.05, 0.1) is 0 Å². The van der Waals surface area contributed by atoms with Gasteiger partial charge in [-0.1, -0.05) is 195 Å². The van der Waals surface area contributed by atoms with E-state index in [1.54, 1.807) is 0 Å². The zero-order valence-electron chi connectivity index (χ0n) is 52.5. The molecule has 420 valence electrons. The maximum atomic E-state index is 2.82. The largest absolute Gasteiger partial charge is 0.376 e. The number of rotatable bonds is 5. The SMILES string of the molecule is CC(C)(C)c1ccc(N2B3c4cc5c(cc4N(c4ccc6c(c4)C(C)(C)CCC6(C)C)c4c3c(cc3c4C(C)(C)c4ccccc4-3)-c3cc4c(cc32)C(C)(C)c2ccc(N(c3ccccc3)c3ccccc3)cc2-4)C(C)(C)CCC5(C)C)cc1. The molecule has 4 heteroatoms. The Morgan fingerprint density at radius 2 is 0.893 bits per heavy atom. The molecular formula is C80H82BN3. The van der Waals surface area contributed by atoms with Crippen molar-refractivity contribution in [3.63, 3.8) is 0 Å². The number of para-hydroxylation sites is 2. The molecule has 3 nitrogen and oxygen atoms in total. The molecule has 0 fully saturated rings. The molecule has 0 spiro atoms. The molecule has 0 aromatic heterocycles. The minimum absolute atomic E-state index is 0.000626. The molecule has 9 aromatic carbocycles. The molecule has 0 radical (unpaired) electrons. The molecule has 15 rings (SSSR count). The van der Waals surface area contributed by atoms with Gasteiger partial charge in [0.15, 0.2) is 0 Å². The van der Waals surface area contributed by atoms with E-state index in [0.717, 1.165) is 36.3 Å². The predicted octanol–water partition coefficient (Wildman–Crippen LogP) is 20.5. The van der Waals surface area contributed by atoms with Crippen LogP contribution in [0.1, 0.15) is 180 Å². The summed E-state index contributed by atoms with van der Waals surface area (Å²) in [4.78, 5) is 8.05. The van der Waals surface area contributed by atoms with Gasteiger partial charge in [-0.05, 0) is 227 Å². The highest BCUT2D eigenvalue weighted by molar-refractivity contribution is 6.93. The minimum atomic E-state index is -0.304. The van der Waals surface area contributed by atoms with Crippen LogP contribution in [0.2, 0.25) is 0 Å². The van der Waals surface area contributed by atoms with Crippen LogP contribution in [0.25, 0.3) is 33.4 Å². The molecule has 2 heterocycles. The third kappa shape index (κ3) is 7.50. The van der Waals surface area contributed by atoms with Crippen LogP contribution < -0.4 is 25.5 Å². The molecule has 0 bridgehead atoms. The lowest BCUT2D eigenvalue weighted by molar-refractivity contribution is 0.332. The maximum Gasteiger partial charge on any atom is 0.333 e. The summed E-state index contributed by atoms with van der Waals surface area (Å²) in [5.74, 6) is 0. The van der Waals surface area contributed by atoms with E-state index in [1.165, 1.54) is 129 Å². The van der Waals surface area contributed by atoms with Gasteiger partial charge in [-0.25, -0.2) is 0 Å². The molecule has 2 aliphatic heterocycles. The summed E-state index contributed by atoms with van der Waals surface area (Å²) >= 11 is 0. The van der Waals surface area contributed by atoms with Crippen molar-refractivity contribution < 1.29 is 0 Å². The Morgan fingerprint density at radius 3 is 1.52 bits per heavy atom. The number of benzene rings is 9. The first-order valence-electron chi connectivity index (χ1n) is 31.4. The highest BCUT2D eigenvalue weighted by atomic mass is 15.2. The van der Waals surface area contributed by atoms with Crippen LogP contribution in [0, 0.1) is 0 Å². The first-order valence-corrected chi connectivity index (χ1v) is 31.4. The van der Waals surface area contributed by atoms with E-state index in [4.69, 9.17) is 0 Å². The second kappa shape index (κ2) is 17.5. The number of anilines is 8. The van der Waals surface area contributed by atoms with Crippen molar-refractivity contribution in [3.8, 4) is 33.4 Å². The van der Waals surface area contributed by atoms with Gasteiger partial charge in [0, 0.05) is 61.9 Å². The summed E-state index contributed by atoms with van der Waals surface area (Å²) in [7, 11) is 0. The summed E-state index contributed by atoms with van der Waals surface area (Å²) in [5.41, 5.74) is 33.0. The lowest BCUT2D eigenvalue weighted by Gasteiger charge is -2.50. The van der Waals surface area contributed by atoms with Crippen LogP contribution in [-0.4, -0.2) is 6.85 Å². The average Bonchev–Trinajstić information content (AvgIpc) is 1.59. The first-order chi connectivity index (χ1) is 39.8. The Labute approximate surface area is 501 Å². The molecule has 0 saturated carbocycles. The summed E-state index contributed by atoms with van der Waals surface area (Å²) in [6.45, 7) is 36.8. The van der Waals surface area contributed by atoms with Crippen molar-refractivity contribution in [1.29, 1.82) is 0 Å². The van der Waals surface area contributed by atoms with Gasteiger partial charge in [0.2, 0.25) is 0 Å². The van der Waals surface area contributed by atoms with Crippen LogP contribution in [-0.2, 0) is 37.9 Å². The molecule has 9 aromatic rings. The van der Waals surface area contributed by atoms with Crippen LogP contribution in [0.4, 0.5) is 45.5 Å². The Bertz CT molecular complexity index is 4200. The molecule has 6 aliphatic rings. The zero-order chi connectivity index (χ0) is 58.6. The van der Waals surface area contributed by atoms with Crippen molar-refractivity contribution in [1.82, 2.24) is 0 Å². The standard InChI is InChI=1S/C80H82BN3/c1-74(2,3)49-30-32-52(33-31-49)84-69-47-64-57(56-42-53(34-36-62(56)79(64,12)13)82(50-24-18-16-19-25-50)51-26-20-17-21-27-51)44-58(69)60-45-59-55-28-22-23-29-61(55)80(14,15)71(59)73-72(60)81(84)68-46-66-67(78(10,11)41-40-77(66,8)9)48-70(68)83(73)54-35-37-63-65(43-54)76(6,7)39-38-75(63,4)5/h16-37,42-48H,38-41H2,1-15H3. The molecule has 84 heavy (non-hydrogen) atoms. The number of hydrogen-bond donors (Lipinski definition) is 0. The zero-order valence-corrected chi connectivity index (χ0v) is 52.5. The fourth-order valence-electron chi connectivity index (χ4n) is 16.7. The molecule has 0 atom stereocenters. The van der Waals surface area contributed by atoms with Crippen molar-refractivity contribution in [2.75, 3.05) is 14.6 Å². The lowest BCUT2D eigenvalue weighted by atomic mass is 9.42. The molecule has 0 unspecified atom stereocenters. The van der Waals surface area contributed by atoms with Gasteiger partial charge < -0.3 is 14.6 Å². The van der Waals surface area contributed by atoms with E-state index in [0.29, 0.717) is 0 Å². The monoisotopic (exact) mass is 1100 g/mol. The molecule has 4 aliphatic carbocycles. The van der Waals surface area contributed by atoms with Crippen molar-refractivity contribution >= 4 is 63.3 Å². The maximum absolute atomic E-state index is 2.82. The van der Waals surface area contributed by atoms with Crippen molar-refractivity contribution in [3.05, 3.63) is 226 Å². The van der Waals surface area contributed by atoms with Gasteiger partial charge in [-0.3, -0.25) is 0 Å². The fourth-order valence-corrected chi connectivity index (χ4v) is 16.7. The number of hydrogen-bond acceptors (Lipinski definition) is 3. The van der Waals surface area contributed by atoms with Crippen LogP contribution in [0.5, 0.6) is 0 Å². The molecule has 0 amide bonds. The van der Waals surface area contributed by atoms with Crippen molar-refractivity contribution in [2.24, 2.45) is 0 Å². The van der Waals surface area contributed by atoms with E-state index < -0.39 is 0 Å². The van der Waals surface area contributed by atoms with Gasteiger partial charge >= 0.3 is 6.85 Å². The quantitative estimate of drug-likeness (QED) is 0.159. The number of nitrogens with zero attached hydrogens (tertiary/aromatic N) is 3. The van der Waals surface area contributed by atoms with E-state index in [1.807, 2.05) is 0 Å². The third-order valence-electron chi connectivity index (χ3n) is 21.9. The van der Waals surface area contributed by atoms with Crippen LogP contribution in [0.15, 0.2) is 176 Å². The normalized spacial score (nSPS) is 18.7. The highest BCUT2D eigenvalue weighted by Gasteiger charge is 2.53. The van der Waals surface area contributed by atoms with E-state index in [-0.39, 0.29) is 44.8 Å². The van der Waals surface area contributed by atoms with E-state index in [9.17, 15) is 0 Å². The van der Waals surface area contributed by atoms with Gasteiger partial charge in [-0.15, -0.1) is 0 Å². The second-order valence-electron chi connectivity index (χ2n) is 30.7. The molecule has 0 N–H and O–H groups in total. The second-order valence-corrected chi connectivity index (χ2v) is 30.7. The fraction of sp³-hybridized carbons (Fsp3) is 0.325. The topological polar surface area (TPSA) is 9.72 Å². The smallest absolute Gasteiger partial charge is 0.333 e. The van der Waals surface area contributed by atoms with Crippen LogP contribution in [0.3, 0.4) is 0 Å². The lowest BCUT2D eigenvalue weighted by Crippen LogP contribution is -2.62. The Balaban J connectivity index is 1.08.